The number of hydrogen-bond donors (Lipinski definition) is 1. The van der Waals surface area contributed by atoms with Crippen LogP contribution in [0.2, 0.25) is 0 Å². The van der Waals surface area contributed by atoms with Crippen molar-refractivity contribution in [2.75, 3.05) is 12.4 Å². The highest BCUT2D eigenvalue weighted by atomic mass is 16.5. The predicted octanol–water partition coefficient (Wildman–Crippen LogP) is 4.11. The first-order chi connectivity index (χ1) is 10.1. The fourth-order valence-electron chi connectivity index (χ4n) is 2.30. The Balaban J connectivity index is 2.00. The summed E-state index contributed by atoms with van der Waals surface area (Å²) in [5.74, 6) is 3.77. The summed E-state index contributed by atoms with van der Waals surface area (Å²) in [6.07, 6.45) is 2.35. The second-order valence-electron chi connectivity index (χ2n) is 5.76. The van der Waals surface area contributed by atoms with Gasteiger partial charge in [0.25, 0.3) is 0 Å². The van der Waals surface area contributed by atoms with E-state index >= 15 is 0 Å². The molecule has 0 aliphatic heterocycles. The Hall–Kier alpha value is -2.10. The van der Waals surface area contributed by atoms with E-state index in [0.29, 0.717) is 11.8 Å². The first kappa shape index (κ1) is 13.9. The van der Waals surface area contributed by atoms with Gasteiger partial charge in [-0.3, -0.25) is 0 Å². The highest BCUT2D eigenvalue weighted by Crippen LogP contribution is 2.40. The SMILES string of the molecule is CNc1nc(C2CC2)nc(Oc2cc(C)ccc2C)c1C. The molecule has 0 bridgehead atoms. The Kier molecular flexibility index (Phi) is 3.53. The average molecular weight is 283 g/mol. The largest absolute Gasteiger partial charge is 0.438 e. The number of nitrogens with zero attached hydrogens (tertiary/aromatic N) is 2. The topological polar surface area (TPSA) is 47.0 Å². The number of rotatable bonds is 4. The van der Waals surface area contributed by atoms with E-state index in [4.69, 9.17) is 4.74 Å². The zero-order valence-corrected chi connectivity index (χ0v) is 13.0. The fourth-order valence-corrected chi connectivity index (χ4v) is 2.30. The van der Waals surface area contributed by atoms with Crippen molar-refractivity contribution in [1.29, 1.82) is 0 Å². The smallest absolute Gasteiger partial charge is 0.227 e. The molecular weight excluding hydrogens is 262 g/mol. The van der Waals surface area contributed by atoms with Gasteiger partial charge in [-0.15, -0.1) is 0 Å². The van der Waals surface area contributed by atoms with Crippen molar-refractivity contribution in [1.82, 2.24) is 9.97 Å². The van der Waals surface area contributed by atoms with Crippen LogP contribution in [0.25, 0.3) is 0 Å². The van der Waals surface area contributed by atoms with Gasteiger partial charge in [-0.05, 0) is 50.8 Å². The average Bonchev–Trinajstić information content (AvgIpc) is 3.29. The van der Waals surface area contributed by atoms with Crippen LogP contribution in [0.15, 0.2) is 18.2 Å². The van der Waals surface area contributed by atoms with E-state index < -0.39 is 0 Å². The van der Waals surface area contributed by atoms with Crippen molar-refractivity contribution in [2.24, 2.45) is 0 Å². The molecule has 0 amide bonds. The fraction of sp³-hybridized carbons (Fsp3) is 0.412. The normalized spacial score (nSPS) is 14.1. The minimum Gasteiger partial charge on any atom is -0.438 e. The van der Waals surface area contributed by atoms with Crippen LogP contribution in [0.4, 0.5) is 5.82 Å². The number of hydrogen-bond acceptors (Lipinski definition) is 4. The van der Waals surface area contributed by atoms with Gasteiger partial charge in [-0.2, -0.15) is 4.98 Å². The molecule has 1 N–H and O–H groups in total. The van der Waals surface area contributed by atoms with Gasteiger partial charge in [0.15, 0.2) is 0 Å². The molecule has 1 aromatic carbocycles. The summed E-state index contributed by atoms with van der Waals surface area (Å²) >= 11 is 0. The van der Waals surface area contributed by atoms with Gasteiger partial charge in [0.1, 0.15) is 17.4 Å². The molecule has 4 nitrogen and oxygen atoms in total. The molecule has 0 saturated heterocycles. The van der Waals surface area contributed by atoms with Gasteiger partial charge in [0.05, 0.1) is 5.56 Å². The molecule has 0 unspecified atom stereocenters. The highest BCUT2D eigenvalue weighted by molar-refractivity contribution is 5.50. The maximum atomic E-state index is 6.09. The molecule has 0 atom stereocenters. The van der Waals surface area contributed by atoms with Gasteiger partial charge in [0.2, 0.25) is 5.88 Å². The lowest BCUT2D eigenvalue weighted by molar-refractivity contribution is 0.451. The molecule has 1 fully saturated rings. The molecule has 0 radical (unpaired) electrons. The van der Waals surface area contributed by atoms with Gasteiger partial charge < -0.3 is 10.1 Å². The summed E-state index contributed by atoms with van der Waals surface area (Å²) in [6.45, 7) is 6.10. The number of benzene rings is 1. The number of aryl methyl sites for hydroxylation is 2. The summed E-state index contributed by atoms with van der Waals surface area (Å²) in [5.41, 5.74) is 3.24. The van der Waals surface area contributed by atoms with E-state index in [-0.39, 0.29) is 0 Å². The Morgan fingerprint density at radius 3 is 2.57 bits per heavy atom. The Labute approximate surface area is 125 Å². The van der Waals surface area contributed by atoms with Crippen LogP contribution in [0, 0.1) is 20.8 Å². The maximum Gasteiger partial charge on any atom is 0.227 e. The van der Waals surface area contributed by atoms with Crippen molar-refractivity contribution in [3.8, 4) is 11.6 Å². The first-order valence-electron chi connectivity index (χ1n) is 7.40. The molecule has 1 aliphatic rings. The lowest BCUT2D eigenvalue weighted by Gasteiger charge is -2.14. The van der Waals surface area contributed by atoms with Crippen molar-refractivity contribution in [2.45, 2.75) is 39.5 Å². The van der Waals surface area contributed by atoms with Crippen molar-refractivity contribution in [3.63, 3.8) is 0 Å². The number of nitrogens with one attached hydrogen (secondary N) is 1. The molecule has 3 rings (SSSR count). The van der Waals surface area contributed by atoms with E-state index in [9.17, 15) is 0 Å². The lowest BCUT2D eigenvalue weighted by atomic mass is 10.1. The molecule has 1 aliphatic carbocycles. The second-order valence-corrected chi connectivity index (χ2v) is 5.76. The third-order valence-corrected chi connectivity index (χ3v) is 3.85. The molecule has 1 aromatic heterocycles. The summed E-state index contributed by atoms with van der Waals surface area (Å²) < 4.78 is 6.09. The minimum atomic E-state index is 0.499. The van der Waals surface area contributed by atoms with Crippen LogP contribution in [0.5, 0.6) is 11.6 Å². The highest BCUT2D eigenvalue weighted by Gasteiger charge is 2.28. The first-order valence-corrected chi connectivity index (χ1v) is 7.40. The minimum absolute atomic E-state index is 0.499. The van der Waals surface area contributed by atoms with E-state index in [2.05, 4.69) is 34.3 Å². The summed E-state index contributed by atoms with van der Waals surface area (Å²) in [4.78, 5) is 9.23. The predicted molar refractivity (Wildman–Crippen MR) is 84.3 cm³/mol. The molecule has 2 aromatic rings. The van der Waals surface area contributed by atoms with Crippen LogP contribution in [-0.2, 0) is 0 Å². The van der Waals surface area contributed by atoms with Crippen molar-refractivity contribution in [3.05, 3.63) is 40.7 Å². The molecule has 110 valence electrons. The van der Waals surface area contributed by atoms with E-state index in [1.165, 1.54) is 18.4 Å². The molecule has 21 heavy (non-hydrogen) atoms. The van der Waals surface area contributed by atoms with Crippen LogP contribution in [0.3, 0.4) is 0 Å². The molecule has 1 heterocycles. The van der Waals surface area contributed by atoms with Gasteiger partial charge in [0, 0.05) is 13.0 Å². The van der Waals surface area contributed by atoms with Crippen LogP contribution in [-0.4, -0.2) is 17.0 Å². The van der Waals surface area contributed by atoms with Gasteiger partial charge in [-0.25, -0.2) is 4.98 Å². The van der Waals surface area contributed by atoms with E-state index in [1.807, 2.05) is 27.0 Å². The van der Waals surface area contributed by atoms with Gasteiger partial charge in [-0.1, -0.05) is 12.1 Å². The molecule has 0 spiro atoms. The van der Waals surface area contributed by atoms with E-state index in [1.54, 1.807) is 0 Å². The second kappa shape index (κ2) is 5.35. The summed E-state index contributed by atoms with van der Waals surface area (Å²) in [5, 5.41) is 3.14. The van der Waals surface area contributed by atoms with Crippen LogP contribution in [0.1, 0.15) is 41.3 Å². The van der Waals surface area contributed by atoms with Crippen molar-refractivity contribution < 1.29 is 4.74 Å². The molecule has 1 saturated carbocycles. The summed E-state index contributed by atoms with van der Waals surface area (Å²) in [7, 11) is 1.88. The van der Waals surface area contributed by atoms with E-state index in [0.717, 1.165) is 28.5 Å². The number of ether oxygens (including phenoxy) is 1. The van der Waals surface area contributed by atoms with Crippen LogP contribution >= 0.6 is 0 Å². The Morgan fingerprint density at radius 2 is 1.90 bits per heavy atom. The quantitative estimate of drug-likeness (QED) is 0.917. The van der Waals surface area contributed by atoms with Gasteiger partial charge >= 0.3 is 0 Å². The molecular formula is C17H21N3O. The molecule has 4 heteroatoms. The standard InChI is InChI=1S/C17H21N3O/c1-10-5-6-11(2)14(9-10)21-17-12(3)15(18-4)19-16(20-17)13-7-8-13/h5-6,9,13H,7-8H2,1-4H3,(H,18,19,20). The van der Waals surface area contributed by atoms with Crippen LogP contribution < -0.4 is 10.1 Å². The third kappa shape index (κ3) is 2.84. The monoisotopic (exact) mass is 283 g/mol. The maximum absolute atomic E-state index is 6.09. The Bertz CT molecular complexity index is 678. The zero-order chi connectivity index (χ0) is 15.0. The lowest BCUT2D eigenvalue weighted by Crippen LogP contribution is -2.05. The number of aromatic nitrogens is 2. The number of anilines is 1. The third-order valence-electron chi connectivity index (χ3n) is 3.85. The summed E-state index contributed by atoms with van der Waals surface area (Å²) in [6, 6.07) is 6.21. The van der Waals surface area contributed by atoms with Crippen molar-refractivity contribution >= 4 is 5.82 Å². The zero-order valence-electron chi connectivity index (χ0n) is 13.0. The Morgan fingerprint density at radius 1 is 1.14 bits per heavy atom.